The van der Waals surface area contributed by atoms with Gasteiger partial charge in [0.1, 0.15) is 57.9 Å². The highest BCUT2D eigenvalue weighted by Crippen LogP contribution is 2.72. The molecule has 1 heterocycles. The summed E-state index contributed by atoms with van der Waals surface area (Å²) in [6, 6.07) is 26.4. The number of rotatable bonds is 4. The average molecular weight is 683 g/mol. The summed E-state index contributed by atoms with van der Waals surface area (Å²) in [5.41, 5.74) is 4.99. The van der Waals surface area contributed by atoms with Gasteiger partial charge in [-0.1, -0.05) is 42.5 Å². The van der Waals surface area contributed by atoms with Gasteiger partial charge >= 0.3 is 0 Å². The summed E-state index contributed by atoms with van der Waals surface area (Å²) in [7, 11) is 0. The van der Waals surface area contributed by atoms with Gasteiger partial charge in [0.2, 0.25) is 0 Å². The van der Waals surface area contributed by atoms with Gasteiger partial charge in [0.05, 0.1) is 0 Å². The van der Waals surface area contributed by atoms with E-state index in [1.165, 1.54) is 18.2 Å². The number of allylic oxidation sites excluding steroid dienone is 3. The van der Waals surface area contributed by atoms with E-state index in [0.29, 0.717) is 16.9 Å². The topological polar surface area (TPSA) is 171 Å². The Balaban J connectivity index is 1.41. The van der Waals surface area contributed by atoms with Crippen LogP contribution in [0.5, 0.6) is 40.2 Å². The number of hydrogen-bond acceptors (Lipinski definition) is 9. The lowest BCUT2D eigenvalue weighted by Crippen LogP contribution is -2.33. The van der Waals surface area contributed by atoms with E-state index in [-0.39, 0.29) is 46.0 Å². The highest BCUT2D eigenvalue weighted by Gasteiger charge is 2.60. The molecule has 2 unspecified atom stereocenters. The number of fused-ring (bicyclic) bond motifs is 2. The summed E-state index contributed by atoms with van der Waals surface area (Å²) in [6.45, 7) is 0. The Bertz CT molecular complexity index is 2260. The van der Waals surface area contributed by atoms with E-state index in [1.54, 1.807) is 66.7 Å². The molecule has 1 aliphatic heterocycles. The zero-order valence-electron chi connectivity index (χ0n) is 27.0. The van der Waals surface area contributed by atoms with Crippen molar-refractivity contribution < 1.29 is 45.6 Å². The molecule has 0 saturated heterocycles. The molecule has 0 bridgehead atoms. The molecule has 0 fully saturated rings. The number of aromatic hydroxyl groups is 6. The van der Waals surface area contributed by atoms with Crippen LogP contribution in [0.3, 0.4) is 0 Å². The molecule has 0 spiro atoms. The maximum Gasteiger partial charge on any atom is 0.131 e. The first kappa shape index (κ1) is 30.8. The van der Waals surface area contributed by atoms with Crippen LogP contribution in [0, 0.1) is 11.8 Å². The molecule has 5 aromatic carbocycles. The molecule has 256 valence electrons. The van der Waals surface area contributed by atoms with Gasteiger partial charge in [0.25, 0.3) is 0 Å². The molecule has 51 heavy (non-hydrogen) atoms. The Hall–Kier alpha value is -6.22. The van der Waals surface area contributed by atoms with Crippen LogP contribution in [0.25, 0.3) is 0 Å². The van der Waals surface area contributed by atoms with Crippen molar-refractivity contribution in [2.24, 2.45) is 11.8 Å². The molecule has 8 N–H and O–H groups in total. The predicted octanol–water partition coefficient (Wildman–Crippen LogP) is 8.08. The summed E-state index contributed by atoms with van der Waals surface area (Å²) >= 11 is 0. The fraction of sp³-hybridized carbons (Fsp3) is 0.190. The zero-order valence-corrected chi connectivity index (χ0v) is 27.0. The second kappa shape index (κ2) is 11.1. The second-order valence-electron chi connectivity index (χ2n) is 14.0. The zero-order chi connectivity index (χ0) is 35.3. The minimum Gasteiger partial charge on any atom is -0.512 e. The summed E-state index contributed by atoms with van der Waals surface area (Å²) in [5, 5.41) is 87.8. The molecule has 3 aliphatic carbocycles. The third-order valence-corrected chi connectivity index (χ3v) is 11.4. The van der Waals surface area contributed by atoms with Crippen LogP contribution in [0.1, 0.15) is 74.6 Å². The first-order valence-corrected chi connectivity index (χ1v) is 16.9. The molecule has 0 aromatic heterocycles. The third kappa shape index (κ3) is 4.61. The molecule has 9 heteroatoms. The lowest BCUT2D eigenvalue weighted by atomic mass is 9.63. The first-order valence-electron chi connectivity index (χ1n) is 16.9. The van der Waals surface area contributed by atoms with Crippen LogP contribution in [0.2, 0.25) is 0 Å². The van der Waals surface area contributed by atoms with Gasteiger partial charge in [-0.15, -0.1) is 0 Å². The monoisotopic (exact) mass is 682 g/mol. The van der Waals surface area contributed by atoms with Crippen molar-refractivity contribution >= 4 is 0 Å². The van der Waals surface area contributed by atoms with E-state index in [4.69, 9.17) is 4.74 Å². The van der Waals surface area contributed by atoms with E-state index in [0.717, 1.165) is 27.8 Å². The fourth-order valence-electron chi connectivity index (χ4n) is 9.61. The van der Waals surface area contributed by atoms with Crippen molar-refractivity contribution in [2.45, 2.75) is 35.7 Å². The number of ether oxygens (including phenoxy) is 1. The summed E-state index contributed by atoms with van der Waals surface area (Å²) in [4.78, 5) is 0. The van der Waals surface area contributed by atoms with Crippen LogP contribution >= 0.6 is 0 Å². The summed E-state index contributed by atoms with van der Waals surface area (Å²) in [5.74, 6) is -3.61. The Labute approximate surface area is 292 Å². The number of hydrogen-bond donors (Lipinski definition) is 8. The van der Waals surface area contributed by atoms with Crippen LogP contribution in [0.4, 0.5) is 0 Å². The minimum absolute atomic E-state index is 0.0325. The summed E-state index contributed by atoms with van der Waals surface area (Å²) in [6.07, 6.45) is 2.48. The Morgan fingerprint density at radius 1 is 0.451 bits per heavy atom. The van der Waals surface area contributed by atoms with Crippen molar-refractivity contribution in [2.75, 3.05) is 0 Å². The van der Waals surface area contributed by atoms with Gasteiger partial charge in [-0.05, 0) is 70.8 Å². The number of phenolic OH excluding ortho intramolecular Hbond substituents is 6. The minimum atomic E-state index is -0.663. The molecule has 9 nitrogen and oxygen atoms in total. The number of benzene rings is 5. The second-order valence-corrected chi connectivity index (χ2v) is 14.0. The molecular weight excluding hydrogens is 648 g/mol. The third-order valence-electron chi connectivity index (χ3n) is 11.4. The van der Waals surface area contributed by atoms with E-state index >= 15 is 0 Å². The Kier molecular flexibility index (Phi) is 6.73. The number of aliphatic hydroxyl groups is 2. The van der Waals surface area contributed by atoms with Crippen LogP contribution in [0.15, 0.2) is 121 Å². The van der Waals surface area contributed by atoms with Crippen molar-refractivity contribution in [3.63, 3.8) is 0 Å². The lowest BCUT2D eigenvalue weighted by molar-refractivity contribution is 0.143. The van der Waals surface area contributed by atoms with Gasteiger partial charge < -0.3 is 45.6 Å². The van der Waals surface area contributed by atoms with Gasteiger partial charge in [-0.2, -0.15) is 0 Å². The quantitative estimate of drug-likeness (QED) is 0.0933. The predicted molar refractivity (Wildman–Crippen MR) is 187 cm³/mol. The molecule has 8 atom stereocenters. The molecule has 9 rings (SSSR count). The van der Waals surface area contributed by atoms with Gasteiger partial charge in [0, 0.05) is 76.3 Å². The normalized spacial score (nSPS) is 27.1. The standard InChI is InChI=1S/C42H34O9/c43-22-7-1-19(2-8-22)33-35-28(15-26(47)17-30(35)49)37-39-32(51-42(37)21-5-11-24(45)12-6-21)18-31(50)38-36(27-14-13-25(46)16-29(27)48)34(40(33)41(38)39)20-3-9-23(44)10-4-20/h1-18,28,33-37,40,42-50H/t28?,33-,34+,35?,36+,37-,40+,42-/m1/s1. The van der Waals surface area contributed by atoms with Crippen molar-refractivity contribution in [1.29, 1.82) is 0 Å². The molecule has 5 aromatic rings. The van der Waals surface area contributed by atoms with Crippen molar-refractivity contribution in [3.05, 3.63) is 160 Å². The SMILES string of the molecule is OC1=CC2C(C(O)=C1)[C@@H](c1ccc(O)cc1)[C@@H]1c3c(c(O)cc4c3[C@@H]2[C@@H](c2ccc(O)cc2)O4)[C@@H](c2ccc(O)cc2O)[C@@H]1c1ccc(O)cc1. The maximum absolute atomic E-state index is 12.1. The highest BCUT2D eigenvalue weighted by atomic mass is 16.5. The van der Waals surface area contributed by atoms with Crippen molar-refractivity contribution in [1.82, 2.24) is 0 Å². The number of phenols is 6. The Morgan fingerprint density at radius 2 is 1.02 bits per heavy atom. The van der Waals surface area contributed by atoms with E-state index in [1.807, 2.05) is 24.3 Å². The Morgan fingerprint density at radius 3 is 1.63 bits per heavy atom. The largest absolute Gasteiger partial charge is 0.512 e. The van der Waals surface area contributed by atoms with Crippen LogP contribution in [-0.2, 0) is 0 Å². The average Bonchev–Trinajstić information content (AvgIpc) is 3.60. The molecule has 0 saturated carbocycles. The molecule has 0 amide bonds. The van der Waals surface area contributed by atoms with Crippen molar-refractivity contribution in [3.8, 4) is 40.2 Å². The summed E-state index contributed by atoms with van der Waals surface area (Å²) < 4.78 is 6.74. The number of aliphatic hydroxyl groups excluding tert-OH is 2. The van der Waals surface area contributed by atoms with Gasteiger partial charge in [0.15, 0.2) is 0 Å². The lowest BCUT2D eigenvalue weighted by Gasteiger charge is -2.41. The van der Waals surface area contributed by atoms with Gasteiger partial charge in [-0.3, -0.25) is 0 Å². The first-order chi connectivity index (χ1) is 24.6. The van der Waals surface area contributed by atoms with Crippen LogP contribution in [-0.4, -0.2) is 40.9 Å². The van der Waals surface area contributed by atoms with Crippen LogP contribution < -0.4 is 4.74 Å². The molecular formula is C42H34O9. The maximum atomic E-state index is 12.1. The smallest absolute Gasteiger partial charge is 0.131 e. The van der Waals surface area contributed by atoms with E-state index in [2.05, 4.69) is 0 Å². The highest BCUT2D eigenvalue weighted by molar-refractivity contribution is 5.69. The van der Waals surface area contributed by atoms with Gasteiger partial charge in [-0.25, -0.2) is 0 Å². The fourth-order valence-corrected chi connectivity index (χ4v) is 9.61. The molecule has 4 aliphatic rings. The molecule has 0 radical (unpaired) electrons. The van der Waals surface area contributed by atoms with E-state index in [9.17, 15) is 40.9 Å². The van der Waals surface area contributed by atoms with E-state index < -0.39 is 47.5 Å².